The second-order valence-electron chi connectivity index (χ2n) is 6.63. The van der Waals surface area contributed by atoms with Crippen LogP contribution >= 0.6 is 12.2 Å². The molecule has 3 rings (SSSR count). The van der Waals surface area contributed by atoms with Gasteiger partial charge in [-0.2, -0.15) is 13.9 Å². The second kappa shape index (κ2) is 10.5. The zero-order chi connectivity index (χ0) is 23.1. The summed E-state index contributed by atoms with van der Waals surface area (Å²) in [5.74, 6) is -0.724. The van der Waals surface area contributed by atoms with Crippen LogP contribution in [0.5, 0.6) is 11.5 Å². The summed E-state index contributed by atoms with van der Waals surface area (Å²) in [6.45, 7) is -0.359. The van der Waals surface area contributed by atoms with Gasteiger partial charge in [0.05, 0.1) is 25.5 Å². The van der Waals surface area contributed by atoms with Crippen LogP contribution in [-0.4, -0.2) is 34.5 Å². The zero-order valence-electron chi connectivity index (χ0n) is 17.3. The molecule has 0 saturated carbocycles. The maximum atomic E-state index is 12.4. The first kappa shape index (κ1) is 22.9. The molecule has 0 atom stereocenters. The Balaban J connectivity index is 1.53. The lowest BCUT2D eigenvalue weighted by atomic mass is 10.1. The number of carbonyl (C=O) groups excluding carboxylic acids is 1. The quantitative estimate of drug-likeness (QED) is 0.367. The molecule has 8 nitrogen and oxygen atoms in total. The van der Waals surface area contributed by atoms with E-state index in [9.17, 15) is 13.6 Å². The number of rotatable bonds is 7. The van der Waals surface area contributed by atoms with Crippen molar-refractivity contribution in [3.05, 3.63) is 71.5 Å². The Morgan fingerprint density at radius 3 is 2.69 bits per heavy atom. The van der Waals surface area contributed by atoms with E-state index in [0.29, 0.717) is 12.2 Å². The summed E-state index contributed by atoms with van der Waals surface area (Å²) in [5, 5.41) is 7.35. The Kier molecular flexibility index (Phi) is 7.55. The van der Waals surface area contributed by atoms with Gasteiger partial charge in [-0.25, -0.2) is 0 Å². The third kappa shape index (κ3) is 6.14. The summed E-state index contributed by atoms with van der Waals surface area (Å²) in [4.78, 5) is 12.3. The van der Waals surface area contributed by atoms with Crippen molar-refractivity contribution in [2.24, 2.45) is 0 Å². The number of nitrogens with one attached hydrogen (secondary N) is 3. The Labute approximate surface area is 188 Å². The number of benzene rings is 2. The Hall–Kier alpha value is -3.73. The highest BCUT2D eigenvalue weighted by Gasteiger charge is 2.14. The molecule has 0 saturated heterocycles. The third-order valence-corrected chi connectivity index (χ3v) is 4.62. The van der Waals surface area contributed by atoms with Crippen LogP contribution in [0, 0.1) is 6.92 Å². The number of ether oxygens (including phenoxy) is 2. The molecule has 2 aromatic carbocycles. The number of anilines is 1. The predicted molar refractivity (Wildman–Crippen MR) is 119 cm³/mol. The number of aromatic nitrogens is 2. The monoisotopic (exact) mass is 461 g/mol. The van der Waals surface area contributed by atoms with Crippen LogP contribution in [0.1, 0.15) is 21.5 Å². The van der Waals surface area contributed by atoms with E-state index in [0.717, 1.165) is 5.56 Å². The van der Waals surface area contributed by atoms with E-state index in [1.807, 2.05) is 31.2 Å². The Morgan fingerprint density at radius 2 is 1.97 bits per heavy atom. The molecule has 1 heterocycles. The number of halogens is 2. The van der Waals surface area contributed by atoms with Gasteiger partial charge in [-0.3, -0.25) is 20.3 Å². The molecule has 0 fully saturated rings. The number of amides is 1. The van der Waals surface area contributed by atoms with Gasteiger partial charge in [0.2, 0.25) is 0 Å². The van der Waals surface area contributed by atoms with Crippen LogP contribution in [0.2, 0.25) is 0 Å². The van der Waals surface area contributed by atoms with Gasteiger partial charge < -0.3 is 14.8 Å². The summed E-state index contributed by atoms with van der Waals surface area (Å²) in [5.41, 5.74) is 8.11. The van der Waals surface area contributed by atoms with Gasteiger partial charge in [-0.05, 0) is 48.5 Å². The lowest BCUT2D eigenvalue weighted by Crippen LogP contribution is -2.43. The summed E-state index contributed by atoms with van der Waals surface area (Å²) >= 11 is 5.18. The van der Waals surface area contributed by atoms with Crippen LogP contribution in [0.25, 0.3) is 0 Å². The molecule has 0 radical (unpaired) electrons. The first-order chi connectivity index (χ1) is 15.4. The standard InChI is InChI=1S/C21H21F2N5O3S/c1-13-5-3-4-6-15(13)11-28-12-16(10-24-28)25-21(32)27-26-19(29)14-7-8-17(31-20(22)23)18(9-14)30-2/h3-10,12,20H,11H2,1-2H3,(H,26,29)(H2,25,27,32). The maximum absolute atomic E-state index is 12.4. The number of carbonyl (C=O) groups is 1. The van der Waals surface area contributed by atoms with Gasteiger partial charge >= 0.3 is 6.61 Å². The first-order valence-corrected chi connectivity index (χ1v) is 9.83. The number of hydrogen-bond acceptors (Lipinski definition) is 5. The van der Waals surface area contributed by atoms with Crippen molar-refractivity contribution in [3.8, 4) is 11.5 Å². The molecule has 3 aromatic rings. The first-order valence-electron chi connectivity index (χ1n) is 9.43. The van der Waals surface area contributed by atoms with E-state index in [4.69, 9.17) is 17.0 Å². The van der Waals surface area contributed by atoms with Crippen LogP contribution < -0.4 is 25.6 Å². The summed E-state index contributed by atoms with van der Waals surface area (Å²) in [7, 11) is 1.28. The normalized spacial score (nSPS) is 10.5. The topological polar surface area (TPSA) is 89.4 Å². The molecule has 32 heavy (non-hydrogen) atoms. The van der Waals surface area contributed by atoms with Crippen molar-refractivity contribution in [3.63, 3.8) is 0 Å². The van der Waals surface area contributed by atoms with Gasteiger partial charge in [0, 0.05) is 11.8 Å². The Bertz CT molecular complexity index is 1110. The fourth-order valence-corrected chi connectivity index (χ4v) is 3.00. The van der Waals surface area contributed by atoms with E-state index in [1.54, 1.807) is 17.1 Å². The maximum Gasteiger partial charge on any atom is 0.387 e. The molecular formula is C21H21F2N5O3S. The molecule has 0 aliphatic rings. The highest BCUT2D eigenvalue weighted by molar-refractivity contribution is 7.80. The number of aryl methyl sites for hydroxylation is 1. The van der Waals surface area contributed by atoms with Crippen LogP contribution in [-0.2, 0) is 6.54 Å². The fourth-order valence-electron chi connectivity index (χ4n) is 2.83. The average Bonchev–Trinajstić information content (AvgIpc) is 3.20. The Morgan fingerprint density at radius 1 is 1.19 bits per heavy atom. The molecule has 0 bridgehead atoms. The van der Waals surface area contributed by atoms with E-state index in [-0.39, 0.29) is 22.2 Å². The van der Waals surface area contributed by atoms with Crippen molar-refractivity contribution in [2.75, 3.05) is 12.4 Å². The molecule has 0 spiro atoms. The highest BCUT2D eigenvalue weighted by atomic mass is 32.1. The van der Waals surface area contributed by atoms with Gasteiger partial charge in [0.1, 0.15) is 0 Å². The number of methoxy groups -OCH3 is 1. The number of alkyl halides is 2. The van der Waals surface area contributed by atoms with Gasteiger partial charge in [0.25, 0.3) is 5.91 Å². The molecule has 0 aliphatic heterocycles. The van der Waals surface area contributed by atoms with Crippen LogP contribution in [0.3, 0.4) is 0 Å². The number of thiocarbonyl (C=S) groups is 1. The van der Waals surface area contributed by atoms with Crippen molar-refractivity contribution in [2.45, 2.75) is 20.1 Å². The lowest BCUT2D eigenvalue weighted by Gasteiger charge is -2.13. The molecule has 1 amide bonds. The number of nitrogens with zero attached hydrogens (tertiary/aromatic N) is 2. The number of hydrogen-bond donors (Lipinski definition) is 3. The van der Waals surface area contributed by atoms with Gasteiger partial charge in [0.15, 0.2) is 16.6 Å². The minimum Gasteiger partial charge on any atom is -0.493 e. The summed E-state index contributed by atoms with van der Waals surface area (Å²) in [6, 6.07) is 11.8. The molecule has 168 valence electrons. The van der Waals surface area contributed by atoms with E-state index >= 15 is 0 Å². The number of hydrazine groups is 1. The predicted octanol–water partition coefficient (Wildman–Crippen LogP) is 3.48. The van der Waals surface area contributed by atoms with Gasteiger partial charge in [-0.15, -0.1) is 0 Å². The van der Waals surface area contributed by atoms with Crippen molar-refractivity contribution < 1.29 is 23.0 Å². The lowest BCUT2D eigenvalue weighted by molar-refractivity contribution is -0.0512. The van der Waals surface area contributed by atoms with Gasteiger partial charge in [-0.1, -0.05) is 24.3 Å². The molecule has 11 heteroatoms. The molecule has 1 aromatic heterocycles. The third-order valence-electron chi connectivity index (χ3n) is 4.42. The molecule has 0 aliphatic carbocycles. The minimum atomic E-state index is -3.00. The van der Waals surface area contributed by atoms with E-state index in [1.165, 1.54) is 30.9 Å². The van der Waals surface area contributed by atoms with E-state index < -0.39 is 12.5 Å². The van der Waals surface area contributed by atoms with Crippen molar-refractivity contribution >= 4 is 28.9 Å². The van der Waals surface area contributed by atoms with Crippen LogP contribution in [0.15, 0.2) is 54.9 Å². The fraction of sp³-hybridized carbons (Fsp3) is 0.190. The molecular weight excluding hydrogens is 440 g/mol. The largest absolute Gasteiger partial charge is 0.493 e. The minimum absolute atomic E-state index is 0.000261. The SMILES string of the molecule is COc1cc(C(=O)NNC(=S)Nc2cnn(Cc3ccccc3C)c2)ccc1OC(F)F. The van der Waals surface area contributed by atoms with Crippen LogP contribution in [0.4, 0.5) is 14.5 Å². The molecule has 0 unspecified atom stereocenters. The highest BCUT2D eigenvalue weighted by Crippen LogP contribution is 2.29. The smallest absolute Gasteiger partial charge is 0.387 e. The second-order valence-corrected chi connectivity index (χ2v) is 7.04. The van der Waals surface area contributed by atoms with Crippen molar-refractivity contribution in [1.29, 1.82) is 0 Å². The van der Waals surface area contributed by atoms with E-state index in [2.05, 4.69) is 26.0 Å². The average molecular weight is 461 g/mol. The molecule has 3 N–H and O–H groups in total. The van der Waals surface area contributed by atoms with Crippen molar-refractivity contribution in [1.82, 2.24) is 20.6 Å². The zero-order valence-corrected chi connectivity index (χ0v) is 18.1. The summed E-state index contributed by atoms with van der Waals surface area (Å²) in [6.07, 6.45) is 3.40. The summed E-state index contributed by atoms with van der Waals surface area (Å²) < 4.78 is 35.9.